The number of hydrogen-bond donors (Lipinski definition) is 3. The van der Waals surface area contributed by atoms with Gasteiger partial charge in [-0.25, -0.2) is 4.79 Å². The van der Waals surface area contributed by atoms with E-state index in [1.54, 1.807) is 0 Å². The Morgan fingerprint density at radius 1 is 1.27 bits per heavy atom. The summed E-state index contributed by atoms with van der Waals surface area (Å²) in [6.45, 7) is 0.992. The topological polar surface area (TPSA) is 79.5 Å². The van der Waals surface area contributed by atoms with Gasteiger partial charge in [-0.1, -0.05) is 6.42 Å². The molecule has 2 aliphatic heterocycles. The first-order valence-electron chi connectivity index (χ1n) is 8.95. The smallest absolute Gasteiger partial charge is 0.315 e. The van der Waals surface area contributed by atoms with Crippen molar-refractivity contribution in [2.24, 2.45) is 0 Å². The molecule has 0 spiro atoms. The van der Waals surface area contributed by atoms with Crippen LogP contribution in [-0.2, 0) is 4.79 Å². The number of fused-ring (bicyclic) bond motifs is 1. The number of carbonyl (C=O) groups is 2. The van der Waals surface area contributed by atoms with Gasteiger partial charge in [-0.15, -0.1) is 0 Å². The Balaban J connectivity index is 1.22. The highest BCUT2D eigenvalue weighted by atomic mass is 127. The van der Waals surface area contributed by atoms with Gasteiger partial charge in [-0.2, -0.15) is 11.8 Å². The first kappa shape index (κ1) is 19.6. The zero-order valence-corrected chi connectivity index (χ0v) is 17.5. The molecule has 3 rings (SSSR count). The summed E-state index contributed by atoms with van der Waals surface area (Å²) in [6, 6.07) is 8.32. The van der Waals surface area contributed by atoms with Crippen molar-refractivity contribution in [2.45, 2.75) is 43.0 Å². The van der Waals surface area contributed by atoms with Crippen LogP contribution in [0.3, 0.4) is 0 Å². The van der Waals surface area contributed by atoms with Crippen LogP contribution in [0.25, 0.3) is 0 Å². The van der Waals surface area contributed by atoms with Gasteiger partial charge in [-0.05, 0) is 59.7 Å². The van der Waals surface area contributed by atoms with Crippen LogP contribution in [0.1, 0.15) is 25.7 Å². The zero-order chi connectivity index (χ0) is 18.4. The lowest BCUT2D eigenvalue weighted by molar-refractivity contribution is -0.121. The van der Waals surface area contributed by atoms with E-state index in [0.717, 1.165) is 30.8 Å². The molecule has 0 unspecified atom stereocenters. The number of ether oxygens (including phenoxy) is 1. The normalized spacial score (nSPS) is 23.9. The van der Waals surface area contributed by atoms with E-state index in [1.807, 2.05) is 36.0 Å². The Hall–Kier alpha value is -1.16. The van der Waals surface area contributed by atoms with Gasteiger partial charge in [0.25, 0.3) is 0 Å². The van der Waals surface area contributed by atoms with E-state index in [4.69, 9.17) is 4.74 Å². The summed E-state index contributed by atoms with van der Waals surface area (Å²) in [5.41, 5.74) is 0. The minimum Gasteiger partial charge on any atom is -0.492 e. The Bertz CT molecular complexity index is 629. The number of rotatable bonds is 9. The van der Waals surface area contributed by atoms with Crippen LogP contribution in [0.15, 0.2) is 24.3 Å². The van der Waals surface area contributed by atoms with Gasteiger partial charge in [0, 0.05) is 21.0 Å². The summed E-state index contributed by atoms with van der Waals surface area (Å²) >= 11 is 4.17. The quantitative estimate of drug-likeness (QED) is 0.283. The molecule has 0 bridgehead atoms. The molecule has 0 aliphatic carbocycles. The highest BCUT2D eigenvalue weighted by Crippen LogP contribution is 2.33. The minimum atomic E-state index is -0.0443. The summed E-state index contributed by atoms with van der Waals surface area (Å²) in [5.74, 6) is 1.87. The fourth-order valence-electron chi connectivity index (χ4n) is 3.25. The van der Waals surface area contributed by atoms with Gasteiger partial charge in [0.15, 0.2) is 0 Å². The molecule has 2 saturated heterocycles. The number of nitrogens with one attached hydrogen (secondary N) is 3. The van der Waals surface area contributed by atoms with Crippen molar-refractivity contribution in [1.29, 1.82) is 0 Å². The van der Waals surface area contributed by atoms with E-state index in [0.29, 0.717) is 24.8 Å². The Morgan fingerprint density at radius 2 is 2.08 bits per heavy atom. The van der Waals surface area contributed by atoms with Gasteiger partial charge < -0.3 is 20.7 Å². The average molecular weight is 489 g/mol. The van der Waals surface area contributed by atoms with E-state index in [2.05, 4.69) is 38.5 Å². The molecule has 2 fully saturated rings. The van der Waals surface area contributed by atoms with Crippen LogP contribution in [0, 0.1) is 3.57 Å². The summed E-state index contributed by atoms with van der Waals surface area (Å²) in [5, 5.41) is 9.31. The molecule has 0 aromatic heterocycles. The molecular weight excluding hydrogens is 465 g/mol. The fourth-order valence-corrected chi connectivity index (χ4v) is 5.16. The Labute approximate surface area is 171 Å². The van der Waals surface area contributed by atoms with E-state index >= 15 is 0 Å². The summed E-state index contributed by atoms with van der Waals surface area (Å²) < 4.78 is 6.76. The SMILES string of the molecule is O=C(CCCC[C@@H]1SC[C@H]2NC(=O)N[C@@H]12)NCCOc1ccc(I)cc1. The third-order valence-corrected chi connectivity index (χ3v) is 6.82. The molecule has 142 valence electrons. The monoisotopic (exact) mass is 489 g/mol. The van der Waals surface area contributed by atoms with Crippen LogP contribution >= 0.6 is 34.4 Å². The lowest BCUT2D eigenvalue weighted by Crippen LogP contribution is -2.36. The molecule has 0 radical (unpaired) electrons. The first-order valence-corrected chi connectivity index (χ1v) is 11.1. The number of halogens is 1. The maximum absolute atomic E-state index is 11.9. The van der Waals surface area contributed by atoms with Gasteiger partial charge >= 0.3 is 6.03 Å². The maximum Gasteiger partial charge on any atom is 0.315 e. The van der Waals surface area contributed by atoms with Crippen LogP contribution in [-0.4, -0.2) is 48.2 Å². The molecule has 6 nitrogen and oxygen atoms in total. The van der Waals surface area contributed by atoms with Crippen LogP contribution in [0.2, 0.25) is 0 Å². The molecule has 2 aliphatic rings. The molecule has 26 heavy (non-hydrogen) atoms. The zero-order valence-electron chi connectivity index (χ0n) is 14.5. The lowest BCUT2D eigenvalue weighted by Gasteiger charge is -2.16. The van der Waals surface area contributed by atoms with E-state index < -0.39 is 0 Å². The van der Waals surface area contributed by atoms with Crippen LogP contribution in [0.4, 0.5) is 4.79 Å². The predicted octanol–water partition coefficient (Wildman–Crippen LogP) is 2.51. The molecule has 2 heterocycles. The molecular formula is C18H24IN3O3S. The van der Waals surface area contributed by atoms with Crippen molar-refractivity contribution in [3.8, 4) is 5.75 Å². The second kappa shape index (κ2) is 9.68. The maximum atomic E-state index is 11.9. The molecule has 3 N–H and O–H groups in total. The molecule has 1 aromatic carbocycles. The number of unbranched alkanes of at least 4 members (excludes halogenated alkanes) is 1. The number of carbonyl (C=O) groups excluding carboxylic acids is 2. The Morgan fingerprint density at radius 3 is 2.88 bits per heavy atom. The summed E-state index contributed by atoms with van der Waals surface area (Å²) in [6.07, 6.45) is 3.46. The van der Waals surface area contributed by atoms with Crippen molar-refractivity contribution >= 4 is 46.3 Å². The van der Waals surface area contributed by atoms with Gasteiger partial charge in [0.1, 0.15) is 12.4 Å². The predicted molar refractivity (Wildman–Crippen MR) is 112 cm³/mol. The number of hydrogen-bond acceptors (Lipinski definition) is 4. The number of amides is 3. The van der Waals surface area contributed by atoms with Gasteiger partial charge in [-0.3, -0.25) is 4.79 Å². The van der Waals surface area contributed by atoms with Crippen LogP contribution in [0.5, 0.6) is 5.75 Å². The van der Waals surface area contributed by atoms with Crippen molar-refractivity contribution in [1.82, 2.24) is 16.0 Å². The van der Waals surface area contributed by atoms with Crippen LogP contribution < -0.4 is 20.7 Å². The minimum absolute atomic E-state index is 0.0443. The molecule has 3 amide bonds. The Kier molecular flexibility index (Phi) is 7.30. The largest absolute Gasteiger partial charge is 0.492 e. The molecule has 8 heteroatoms. The second-order valence-corrected chi connectivity index (χ2v) is 9.04. The summed E-state index contributed by atoms with van der Waals surface area (Å²) in [7, 11) is 0. The highest BCUT2D eigenvalue weighted by Gasteiger charge is 2.42. The summed E-state index contributed by atoms with van der Waals surface area (Å²) in [4.78, 5) is 23.2. The molecule has 3 atom stereocenters. The first-order chi connectivity index (χ1) is 12.6. The number of benzene rings is 1. The van der Waals surface area contributed by atoms with Gasteiger partial charge in [0.05, 0.1) is 18.6 Å². The van der Waals surface area contributed by atoms with Crippen molar-refractivity contribution in [3.05, 3.63) is 27.8 Å². The fraction of sp³-hybridized carbons (Fsp3) is 0.556. The standard InChI is InChI=1S/C18H24IN3O3S/c19-12-5-7-13(8-6-12)25-10-9-20-16(23)4-2-1-3-15-17-14(11-26-15)21-18(24)22-17/h5-8,14-15,17H,1-4,9-11H2,(H,20,23)(H2,21,22,24)/t14-,15+,17-/m1/s1. The van der Waals surface area contributed by atoms with E-state index in [1.165, 1.54) is 3.57 Å². The second-order valence-electron chi connectivity index (χ2n) is 6.52. The third-order valence-electron chi connectivity index (χ3n) is 4.59. The number of urea groups is 1. The van der Waals surface area contributed by atoms with E-state index in [9.17, 15) is 9.59 Å². The van der Waals surface area contributed by atoms with Crippen molar-refractivity contribution in [2.75, 3.05) is 18.9 Å². The average Bonchev–Trinajstić information content (AvgIpc) is 3.17. The molecule has 1 aromatic rings. The lowest BCUT2D eigenvalue weighted by atomic mass is 10.0. The van der Waals surface area contributed by atoms with E-state index in [-0.39, 0.29) is 24.0 Å². The van der Waals surface area contributed by atoms with Crippen molar-refractivity contribution < 1.29 is 14.3 Å². The number of thioether (sulfide) groups is 1. The van der Waals surface area contributed by atoms with Gasteiger partial charge in [0.2, 0.25) is 5.91 Å². The molecule has 0 saturated carbocycles. The third kappa shape index (κ3) is 5.67. The van der Waals surface area contributed by atoms with Crippen molar-refractivity contribution in [3.63, 3.8) is 0 Å². The highest BCUT2D eigenvalue weighted by molar-refractivity contribution is 14.1.